The lowest BCUT2D eigenvalue weighted by molar-refractivity contribution is -0.274. The Balaban J connectivity index is 2.29. The molecule has 0 spiro atoms. The zero-order valence-corrected chi connectivity index (χ0v) is 15.5. The Bertz CT molecular complexity index is 809. The van der Waals surface area contributed by atoms with E-state index >= 15 is 0 Å². The summed E-state index contributed by atoms with van der Waals surface area (Å²) in [5.41, 5.74) is 2.14. The highest BCUT2D eigenvalue weighted by Gasteiger charge is 2.32. The molecule has 0 saturated heterocycles. The summed E-state index contributed by atoms with van der Waals surface area (Å²) in [4.78, 5) is 4.27. The van der Waals surface area contributed by atoms with Crippen molar-refractivity contribution in [2.45, 2.75) is 26.6 Å². The largest absolute Gasteiger partial charge is 0.573 e. The van der Waals surface area contributed by atoms with Crippen LogP contribution in [0.15, 0.2) is 60.1 Å². The van der Waals surface area contributed by atoms with Gasteiger partial charge in [0.15, 0.2) is 0 Å². The number of para-hydroxylation sites is 1. The molecule has 0 amide bonds. The molecule has 144 valence electrons. The predicted molar refractivity (Wildman–Crippen MR) is 101 cm³/mol. The van der Waals surface area contributed by atoms with Crippen LogP contribution in [-0.2, 0) is 11.2 Å². The molecular weight excluding hydrogens is 355 g/mol. The molecule has 0 aliphatic rings. The summed E-state index contributed by atoms with van der Waals surface area (Å²) < 4.78 is 47.2. The van der Waals surface area contributed by atoms with Crippen molar-refractivity contribution in [3.8, 4) is 5.75 Å². The van der Waals surface area contributed by atoms with Gasteiger partial charge in [-0.25, -0.2) is 4.99 Å². The topological polar surface area (TPSA) is 30.8 Å². The van der Waals surface area contributed by atoms with Crippen LogP contribution < -0.4 is 4.74 Å². The van der Waals surface area contributed by atoms with Gasteiger partial charge in [-0.1, -0.05) is 44.7 Å². The highest BCUT2D eigenvalue weighted by atomic mass is 19.4. The van der Waals surface area contributed by atoms with Gasteiger partial charge in [-0.15, -0.1) is 13.2 Å². The van der Waals surface area contributed by atoms with Crippen LogP contribution in [0.5, 0.6) is 5.75 Å². The van der Waals surface area contributed by atoms with Crippen LogP contribution in [0.25, 0.3) is 5.70 Å². The Morgan fingerprint density at radius 1 is 1.07 bits per heavy atom. The standard InChI is InChI=1S/C21H22F3NO2/c1-14(2)13-16-9-11-17(12-10-16)20(26-4)25-15(3)18-7-5-6-8-19(18)27-21(22,23)24/h5-12,14H,3,13H2,1-2,4H3. The molecule has 0 saturated carbocycles. The number of methoxy groups -OCH3 is 1. The minimum Gasteiger partial charge on any atom is -0.481 e. The fraction of sp³-hybridized carbons (Fsp3) is 0.286. The Kier molecular flexibility index (Phi) is 6.66. The molecule has 0 N–H and O–H groups in total. The maximum atomic E-state index is 12.6. The molecule has 3 nitrogen and oxygen atoms in total. The van der Waals surface area contributed by atoms with Crippen LogP contribution in [0.1, 0.15) is 30.5 Å². The van der Waals surface area contributed by atoms with Crippen molar-refractivity contribution < 1.29 is 22.6 Å². The molecule has 0 bridgehead atoms. The first-order valence-corrected chi connectivity index (χ1v) is 8.45. The molecule has 0 aromatic heterocycles. The van der Waals surface area contributed by atoms with Crippen molar-refractivity contribution in [1.82, 2.24) is 0 Å². The summed E-state index contributed by atoms with van der Waals surface area (Å²) in [6.07, 6.45) is -3.84. The van der Waals surface area contributed by atoms with Gasteiger partial charge >= 0.3 is 6.36 Å². The van der Waals surface area contributed by atoms with E-state index < -0.39 is 6.36 Å². The summed E-state index contributed by atoms with van der Waals surface area (Å²) in [6.45, 7) is 8.05. The number of alkyl halides is 3. The number of ether oxygens (including phenoxy) is 2. The minimum absolute atomic E-state index is 0.109. The Morgan fingerprint density at radius 3 is 2.26 bits per heavy atom. The van der Waals surface area contributed by atoms with Crippen molar-refractivity contribution >= 4 is 11.6 Å². The second kappa shape index (κ2) is 8.75. The van der Waals surface area contributed by atoms with Gasteiger partial charge in [0.05, 0.1) is 12.8 Å². The average Bonchev–Trinajstić information content (AvgIpc) is 2.59. The number of rotatable bonds is 6. The second-order valence-electron chi connectivity index (χ2n) is 6.41. The van der Waals surface area contributed by atoms with Gasteiger partial charge in [0, 0.05) is 11.1 Å². The molecule has 0 unspecified atom stereocenters. The smallest absolute Gasteiger partial charge is 0.481 e. The van der Waals surface area contributed by atoms with Gasteiger partial charge in [0.1, 0.15) is 5.75 Å². The van der Waals surface area contributed by atoms with Crippen molar-refractivity contribution in [1.29, 1.82) is 0 Å². The molecule has 0 fully saturated rings. The van der Waals surface area contributed by atoms with E-state index in [1.165, 1.54) is 30.9 Å². The summed E-state index contributed by atoms with van der Waals surface area (Å²) in [6, 6.07) is 13.4. The van der Waals surface area contributed by atoms with Gasteiger partial charge in [-0.2, -0.15) is 0 Å². The van der Waals surface area contributed by atoms with E-state index in [1.807, 2.05) is 24.3 Å². The van der Waals surface area contributed by atoms with Gasteiger partial charge in [-0.3, -0.25) is 0 Å². The van der Waals surface area contributed by atoms with Crippen molar-refractivity contribution in [3.05, 3.63) is 71.8 Å². The normalized spacial score (nSPS) is 12.2. The highest BCUT2D eigenvalue weighted by Crippen LogP contribution is 2.31. The molecule has 2 aromatic rings. The summed E-state index contributed by atoms with van der Waals surface area (Å²) in [5, 5.41) is 0. The quantitative estimate of drug-likeness (QED) is 0.467. The number of benzene rings is 2. The van der Waals surface area contributed by atoms with Crippen molar-refractivity contribution in [3.63, 3.8) is 0 Å². The molecule has 6 heteroatoms. The highest BCUT2D eigenvalue weighted by molar-refractivity contribution is 5.97. The Morgan fingerprint density at radius 2 is 1.70 bits per heavy atom. The predicted octanol–water partition coefficient (Wildman–Crippen LogP) is 5.85. The maximum absolute atomic E-state index is 12.6. The molecule has 2 rings (SSSR count). The Labute approximate surface area is 157 Å². The fourth-order valence-electron chi connectivity index (χ4n) is 2.58. The zero-order chi connectivity index (χ0) is 20.0. The van der Waals surface area contributed by atoms with E-state index in [4.69, 9.17) is 4.74 Å². The lowest BCUT2D eigenvalue weighted by atomic mass is 10.0. The molecule has 0 heterocycles. The summed E-state index contributed by atoms with van der Waals surface area (Å²) >= 11 is 0. The third kappa shape index (κ3) is 6.16. The molecular formula is C21H22F3NO2. The molecule has 0 aliphatic heterocycles. The summed E-state index contributed by atoms with van der Waals surface area (Å²) in [5.74, 6) is 0.440. The van der Waals surface area contributed by atoms with Crippen LogP contribution in [0.4, 0.5) is 13.2 Å². The maximum Gasteiger partial charge on any atom is 0.573 e. The van der Waals surface area contributed by atoms with Crippen molar-refractivity contribution in [2.24, 2.45) is 10.9 Å². The van der Waals surface area contributed by atoms with E-state index in [1.54, 1.807) is 6.07 Å². The average molecular weight is 377 g/mol. The van der Waals surface area contributed by atoms with Gasteiger partial charge in [0.25, 0.3) is 0 Å². The lowest BCUT2D eigenvalue weighted by Crippen LogP contribution is -2.18. The fourth-order valence-corrected chi connectivity index (χ4v) is 2.58. The monoisotopic (exact) mass is 377 g/mol. The third-order valence-corrected chi connectivity index (χ3v) is 3.70. The van der Waals surface area contributed by atoms with Gasteiger partial charge in [-0.05, 0) is 42.2 Å². The van der Waals surface area contributed by atoms with E-state index in [9.17, 15) is 13.2 Å². The SMILES string of the molecule is C=C(N=C(OC)c1ccc(CC(C)C)cc1)c1ccccc1OC(F)(F)F. The molecule has 0 aliphatic carbocycles. The molecule has 27 heavy (non-hydrogen) atoms. The van der Waals surface area contributed by atoms with Crippen LogP contribution in [0, 0.1) is 5.92 Å². The number of nitrogens with zero attached hydrogens (tertiary/aromatic N) is 1. The van der Waals surface area contributed by atoms with E-state index in [2.05, 4.69) is 30.2 Å². The van der Waals surface area contributed by atoms with Crippen LogP contribution >= 0.6 is 0 Å². The number of aliphatic imine (C=N–C) groups is 1. The van der Waals surface area contributed by atoms with Crippen LogP contribution in [0.3, 0.4) is 0 Å². The van der Waals surface area contributed by atoms with E-state index in [0.29, 0.717) is 11.5 Å². The van der Waals surface area contributed by atoms with Crippen LogP contribution in [-0.4, -0.2) is 19.4 Å². The number of halogens is 3. The van der Waals surface area contributed by atoms with E-state index in [-0.39, 0.29) is 22.9 Å². The van der Waals surface area contributed by atoms with Gasteiger partial charge in [0.2, 0.25) is 5.90 Å². The first-order valence-electron chi connectivity index (χ1n) is 8.45. The number of hydrogen-bond donors (Lipinski definition) is 0. The van der Waals surface area contributed by atoms with E-state index in [0.717, 1.165) is 6.42 Å². The third-order valence-electron chi connectivity index (χ3n) is 3.70. The van der Waals surface area contributed by atoms with Gasteiger partial charge < -0.3 is 9.47 Å². The molecule has 2 aromatic carbocycles. The molecule has 0 radical (unpaired) electrons. The summed E-state index contributed by atoms with van der Waals surface area (Å²) in [7, 11) is 1.45. The first kappa shape index (κ1) is 20.6. The minimum atomic E-state index is -4.80. The Hall–Kier alpha value is -2.76. The zero-order valence-electron chi connectivity index (χ0n) is 15.5. The lowest BCUT2D eigenvalue weighted by Gasteiger charge is -2.14. The number of hydrogen-bond acceptors (Lipinski definition) is 3. The van der Waals surface area contributed by atoms with Crippen LogP contribution in [0.2, 0.25) is 0 Å². The molecule has 0 atom stereocenters. The second-order valence-corrected chi connectivity index (χ2v) is 6.41. The van der Waals surface area contributed by atoms with Crippen molar-refractivity contribution in [2.75, 3.05) is 7.11 Å². The first-order chi connectivity index (χ1) is 12.7.